The lowest BCUT2D eigenvalue weighted by Gasteiger charge is -2.42. The van der Waals surface area contributed by atoms with Gasteiger partial charge in [-0.1, -0.05) is 12.8 Å². The van der Waals surface area contributed by atoms with Crippen LogP contribution in [0.5, 0.6) is 0 Å². The van der Waals surface area contributed by atoms with Crippen LogP contribution in [0, 0.1) is 19.3 Å². The fourth-order valence-electron chi connectivity index (χ4n) is 4.92. The van der Waals surface area contributed by atoms with Crippen LogP contribution in [0.3, 0.4) is 0 Å². The molecule has 3 heterocycles. The van der Waals surface area contributed by atoms with Crippen LogP contribution in [0.15, 0.2) is 6.20 Å². The van der Waals surface area contributed by atoms with E-state index in [1.165, 1.54) is 25.7 Å². The lowest BCUT2D eigenvalue weighted by Crippen LogP contribution is -2.53. The Balaban J connectivity index is 1.55. The van der Waals surface area contributed by atoms with Gasteiger partial charge in [0.15, 0.2) is 0 Å². The van der Waals surface area contributed by atoms with E-state index < -0.39 is 0 Å². The minimum absolute atomic E-state index is 0.182. The van der Waals surface area contributed by atoms with E-state index in [2.05, 4.69) is 14.8 Å². The number of anilines is 1. The average Bonchev–Trinajstić information content (AvgIpc) is 3.23. The Hall–Kier alpha value is -1.65. The molecule has 1 atom stereocenters. The monoisotopic (exact) mass is 328 g/mol. The number of hydrogen-bond acceptors (Lipinski definition) is 4. The zero-order valence-corrected chi connectivity index (χ0v) is 14.9. The van der Waals surface area contributed by atoms with Crippen molar-refractivity contribution < 1.29 is 4.79 Å². The van der Waals surface area contributed by atoms with Gasteiger partial charge in [-0.2, -0.15) is 0 Å². The number of piperidine rings is 1. The first-order valence-corrected chi connectivity index (χ1v) is 9.45. The molecule has 2 aliphatic heterocycles. The Morgan fingerprint density at radius 1 is 1.12 bits per heavy atom. The Morgan fingerprint density at radius 2 is 1.92 bits per heavy atom. The number of carbonyl (C=O) groups excluding carboxylic acids is 1. The van der Waals surface area contributed by atoms with Crippen molar-refractivity contribution in [2.45, 2.75) is 64.8 Å². The largest absolute Gasteiger partial charge is 0.354 e. The van der Waals surface area contributed by atoms with Crippen LogP contribution in [0.2, 0.25) is 0 Å². The van der Waals surface area contributed by atoms with Crippen molar-refractivity contribution in [2.24, 2.45) is 5.41 Å². The van der Waals surface area contributed by atoms with E-state index >= 15 is 0 Å². The first-order chi connectivity index (χ1) is 11.6. The molecule has 24 heavy (non-hydrogen) atoms. The predicted molar refractivity (Wildman–Crippen MR) is 94.0 cm³/mol. The summed E-state index contributed by atoms with van der Waals surface area (Å²) in [5.41, 5.74) is 1.73. The van der Waals surface area contributed by atoms with Gasteiger partial charge < -0.3 is 9.80 Å². The summed E-state index contributed by atoms with van der Waals surface area (Å²) < 4.78 is 0. The molecule has 5 nitrogen and oxygen atoms in total. The highest BCUT2D eigenvalue weighted by Crippen LogP contribution is 2.43. The Morgan fingerprint density at radius 3 is 2.71 bits per heavy atom. The molecule has 1 aliphatic carbocycles. The summed E-state index contributed by atoms with van der Waals surface area (Å²) >= 11 is 0. The minimum Gasteiger partial charge on any atom is -0.354 e. The molecule has 1 saturated carbocycles. The smallest absolute Gasteiger partial charge is 0.230 e. The first-order valence-electron chi connectivity index (χ1n) is 9.45. The summed E-state index contributed by atoms with van der Waals surface area (Å²) in [6.45, 7) is 6.70. The molecule has 5 heteroatoms. The molecule has 0 unspecified atom stereocenters. The van der Waals surface area contributed by atoms with Crippen LogP contribution in [-0.4, -0.2) is 46.5 Å². The summed E-state index contributed by atoms with van der Waals surface area (Å²) in [6, 6.07) is 0.504. The Labute approximate surface area is 144 Å². The summed E-state index contributed by atoms with van der Waals surface area (Å²) in [6.07, 6.45) is 9.93. The molecule has 0 N–H and O–H groups in total. The fraction of sp³-hybridized carbons (Fsp3) is 0.737. The Kier molecular flexibility index (Phi) is 3.97. The molecular weight excluding hydrogens is 300 g/mol. The summed E-state index contributed by atoms with van der Waals surface area (Å²) in [4.78, 5) is 27.0. The van der Waals surface area contributed by atoms with Gasteiger partial charge in [-0.05, 0) is 46.0 Å². The Bertz CT molecular complexity index is 640. The molecule has 2 saturated heterocycles. The minimum atomic E-state index is -0.182. The second kappa shape index (κ2) is 6.01. The van der Waals surface area contributed by atoms with E-state index in [-0.39, 0.29) is 5.41 Å². The molecule has 0 bridgehead atoms. The fourth-order valence-corrected chi connectivity index (χ4v) is 4.92. The zero-order chi connectivity index (χ0) is 16.7. The van der Waals surface area contributed by atoms with Crippen molar-refractivity contribution in [3.63, 3.8) is 0 Å². The molecule has 1 aromatic heterocycles. The highest BCUT2D eigenvalue weighted by molar-refractivity contribution is 5.85. The van der Waals surface area contributed by atoms with Gasteiger partial charge in [0.1, 0.15) is 5.82 Å². The second-order valence-corrected chi connectivity index (χ2v) is 7.91. The van der Waals surface area contributed by atoms with Gasteiger partial charge in [0, 0.05) is 31.9 Å². The van der Waals surface area contributed by atoms with E-state index in [1.54, 1.807) is 0 Å². The van der Waals surface area contributed by atoms with E-state index in [4.69, 9.17) is 4.98 Å². The third kappa shape index (κ3) is 2.58. The molecule has 1 spiro atoms. The quantitative estimate of drug-likeness (QED) is 0.837. The molecule has 3 fully saturated rings. The van der Waals surface area contributed by atoms with Crippen molar-refractivity contribution in [3.8, 4) is 0 Å². The third-order valence-electron chi connectivity index (χ3n) is 6.24. The van der Waals surface area contributed by atoms with E-state index in [1.807, 2.05) is 20.0 Å². The van der Waals surface area contributed by atoms with Crippen molar-refractivity contribution >= 4 is 11.7 Å². The molecule has 1 aromatic rings. The number of likely N-dealkylation sites (tertiary alicyclic amines) is 1. The first kappa shape index (κ1) is 15.9. The van der Waals surface area contributed by atoms with Gasteiger partial charge in [0.05, 0.1) is 16.8 Å². The number of aryl methyl sites for hydroxylation is 2. The van der Waals surface area contributed by atoms with Crippen LogP contribution < -0.4 is 4.90 Å². The molecule has 4 rings (SSSR count). The third-order valence-corrected chi connectivity index (χ3v) is 6.24. The number of rotatable bonds is 2. The second-order valence-electron chi connectivity index (χ2n) is 7.91. The molecular formula is C19H28N4O. The zero-order valence-electron chi connectivity index (χ0n) is 14.9. The van der Waals surface area contributed by atoms with Crippen molar-refractivity contribution in [1.29, 1.82) is 0 Å². The van der Waals surface area contributed by atoms with E-state index in [0.717, 1.165) is 56.1 Å². The van der Waals surface area contributed by atoms with Crippen LogP contribution in [0.4, 0.5) is 5.82 Å². The number of hydrogen-bond donors (Lipinski definition) is 0. The molecule has 3 aliphatic rings. The van der Waals surface area contributed by atoms with E-state index in [0.29, 0.717) is 11.9 Å². The van der Waals surface area contributed by atoms with Crippen LogP contribution in [0.1, 0.15) is 56.3 Å². The molecule has 1 amide bonds. The average molecular weight is 328 g/mol. The summed E-state index contributed by atoms with van der Waals surface area (Å²) in [7, 11) is 0. The number of nitrogens with zero attached hydrogens (tertiary/aromatic N) is 4. The van der Waals surface area contributed by atoms with Crippen molar-refractivity contribution in [1.82, 2.24) is 14.9 Å². The maximum absolute atomic E-state index is 13.3. The lowest BCUT2D eigenvalue weighted by atomic mass is 9.77. The normalized spacial score (nSPS) is 28.3. The number of aromatic nitrogens is 2. The van der Waals surface area contributed by atoms with Gasteiger partial charge in [0.2, 0.25) is 5.91 Å². The predicted octanol–water partition coefficient (Wildman–Crippen LogP) is 2.85. The number of amides is 1. The maximum atomic E-state index is 13.3. The van der Waals surface area contributed by atoms with Gasteiger partial charge in [-0.3, -0.25) is 9.78 Å². The molecule has 0 aromatic carbocycles. The lowest BCUT2D eigenvalue weighted by molar-refractivity contribution is -0.147. The highest BCUT2D eigenvalue weighted by Gasteiger charge is 2.50. The highest BCUT2D eigenvalue weighted by atomic mass is 16.2. The van der Waals surface area contributed by atoms with E-state index in [9.17, 15) is 4.79 Å². The van der Waals surface area contributed by atoms with Gasteiger partial charge in [-0.25, -0.2) is 4.98 Å². The van der Waals surface area contributed by atoms with Gasteiger partial charge in [0.25, 0.3) is 0 Å². The SMILES string of the molecule is Cc1cnc(C)c(N2CC[C@@]3(CCCN(C4CCCC4)C3=O)C2)n1. The van der Waals surface area contributed by atoms with Crippen LogP contribution in [0.25, 0.3) is 0 Å². The summed E-state index contributed by atoms with van der Waals surface area (Å²) in [5, 5.41) is 0. The standard InChI is InChI=1S/C19H28N4O/c1-14-12-20-15(2)17(21-14)22-11-9-19(13-22)8-5-10-23(18(19)24)16-6-3-4-7-16/h12,16H,3-11,13H2,1-2H3/t19-/m0/s1. The van der Waals surface area contributed by atoms with Crippen molar-refractivity contribution in [2.75, 3.05) is 24.5 Å². The topological polar surface area (TPSA) is 49.3 Å². The van der Waals surface area contributed by atoms with Crippen LogP contribution in [-0.2, 0) is 4.79 Å². The van der Waals surface area contributed by atoms with Crippen molar-refractivity contribution in [3.05, 3.63) is 17.6 Å². The maximum Gasteiger partial charge on any atom is 0.230 e. The van der Waals surface area contributed by atoms with Gasteiger partial charge in [-0.15, -0.1) is 0 Å². The molecule has 130 valence electrons. The molecule has 0 radical (unpaired) electrons. The summed E-state index contributed by atoms with van der Waals surface area (Å²) in [5.74, 6) is 1.39. The van der Waals surface area contributed by atoms with Gasteiger partial charge >= 0.3 is 0 Å². The number of carbonyl (C=O) groups is 1. The van der Waals surface area contributed by atoms with Crippen LogP contribution >= 0.6 is 0 Å².